The second-order valence-electron chi connectivity index (χ2n) is 7.64. The lowest BCUT2D eigenvalue weighted by molar-refractivity contribution is -0.150. The van der Waals surface area contributed by atoms with Gasteiger partial charge in [0.2, 0.25) is 5.91 Å². The van der Waals surface area contributed by atoms with Crippen LogP contribution in [0.1, 0.15) is 30.5 Å². The molecule has 1 amide bonds. The second kappa shape index (κ2) is 9.37. The summed E-state index contributed by atoms with van der Waals surface area (Å²) in [6.07, 6.45) is 0.218. The first kappa shape index (κ1) is 20.6. The monoisotopic (exact) mass is 389 g/mol. The number of fused-ring (bicyclic) bond motifs is 1. The summed E-state index contributed by atoms with van der Waals surface area (Å²) in [5.74, 6) is -0.668. The molecular weight excluding hydrogens is 362 g/mol. The van der Waals surface area contributed by atoms with E-state index in [9.17, 15) is 9.59 Å². The zero-order chi connectivity index (χ0) is 20.8. The van der Waals surface area contributed by atoms with Gasteiger partial charge in [0.25, 0.3) is 0 Å². The molecule has 0 fully saturated rings. The summed E-state index contributed by atoms with van der Waals surface area (Å²) in [6, 6.07) is 21.0. The van der Waals surface area contributed by atoms with Crippen LogP contribution >= 0.6 is 0 Å². The third-order valence-corrected chi connectivity index (χ3v) is 5.10. The van der Waals surface area contributed by atoms with Gasteiger partial charge in [-0.15, -0.1) is 0 Å². The molecule has 3 aromatic rings. The highest BCUT2D eigenvalue weighted by atomic mass is 16.5. The average Bonchev–Trinajstić information content (AvgIpc) is 2.71. The van der Waals surface area contributed by atoms with Crippen LogP contribution in [0, 0.1) is 12.8 Å². The minimum Gasteiger partial charge on any atom is -0.459 e. The van der Waals surface area contributed by atoms with Crippen molar-refractivity contribution in [2.24, 2.45) is 5.92 Å². The van der Waals surface area contributed by atoms with Gasteiger partial charge in [-0.3, -0.25) is 4.79 Å². The normalized spacial score (nSPS) is 12.0. The van der Waals surface area contributed by atoms with Gasteiger partial charge in [-0.25, -0.2) is 4.79 Å². The average molecular weight is 389 g/mol. The molecule has 3 rings (SSSR count). The van der Waals surface area contributed by atoms with E-state index in [0.717, 1.165) is 27.5 Å². The summed E-state index contributed by atoms with van der Waals surface area (Å²) in [4.78, 5) is 25.3. The zero-order valence-electron chi connectivity index (χ0n) is 17.1. The van der Waals surface area contributed by atoms with E-state index in [1.807, 2.05) is 87.5 Å². The van der Waals surface area contributed by atoms with Crippen LogP contribution in [0.4, 0.5) is 0 Å². The quantitative estimate of drug-likeness (QED) is 0.602. The Bertz CT molecular complexity index is 1000. The molecule has 0 saturated heterocycles. The first-order valence-corrected chi connectivity index (χ1v) is 9.93. The summed E-state index contributed by atoms with van der Waals surface area (Å²) >= 11 is 0. The number of esters is 1. The van der Waals surface area contributed by atoms with E-state index in [2.05, 4.69) is 5.32 Å². The second-order valence-corrected chi connectivity index (χ2v) is 7.64. The molecule has 0 aliphatic carbocycles. The molecule has 1 unspecified atom stereocenters. The van der Waals surface area contributed by atoms with Crippen molar-refractivity contribution < 1.29 is 14.3 Å². The fraction of sp³-hybridized carbons (Fsp3) is 0.280. The van der Waals surface area contributed by atoms with Crippen molar-refractivity contribution in [2.75, 3.05) is 0 Å². The molecule has 0 aliphatic rings. The van der Waals surface area contributed by atoms with Crippen LogP contribution in [0.3, 0.4) is 0 Å². The number of hydrogen-bond donors (Lipinski definition) is 1. The molecule has 4 nitrogen and oxygen atoms in total. The number of carbonyl (C=O) groups excluding carboxylic acids is 2. The van der Waals surface area contributed by atoms with Gasteiger partial charge in [0.05, 0.1) is 6.42 Å². The number of rotatable bonds is 7. The summed E-state index contributed by atoms with van der Waals surface area (Å²) < 4.78 is 5.50. The first-order valence-electron chi connectivity index (χ1n) is 9.93. The standard InChI is InChI=1S/C25H27NO3/c1-17(2)24(25(28)29-16-21-11-5-4-9-18(21)3)26-23(27)15-20-13-8-12-19-10-6-7-14-22(19)20/h4-14,17,24H,15-16H2,1-3H3,(H,26,27). The van der Waals surface area contributed by atoms with Gasteiger partial charge < -0.3 is 10.1 Å². The molecule has 0 aromatic heterocycles. The third kappa shape index (κ3) is 5.23. The van der Waals surface area contributed by atoms with E-state index in [1.165, 1.54) is 0 Å². The fourth-order valence-corrected chi connectivity index (χ4v) is 3.35. The number of carbonyl (C=O) groups is 2. The van der Waals surface area contributed by atoms with Crippen LogP contribution in [0.15, 0.2) is 66.7 Å². The largest absolute Gasteiger partial charge is 0.459 e. The molecule has 1 N–H and O–H groups in total. The Kier molecular flexibility index (Phi) is 6.65. The summed E-state index contributed by atoms with van der Waals surface area (Å²) in [7, 11) is 0. The lowest BCUT2D eigenvalue weighted by atomic mass is 10.0. The maximum Gasteiger partial charge on any atom is 0.329 e. The van der Waals surface area contributed by atoms with Crippen molar-refractivity contribution in [3.05, 3.63) is 83.4 Å². The topological polar surface area (TPSA) is 55.4 Å². The van der Waals surface area contributed by atoms with Gasteiger partial charge in [-0.2, -0.15) is 0 Å². The van der Waals surface area contributed by atoms with Crippen molar-refractivity contribution in [2.45, 2.75) is 39.8 Å². The number of amides is 1. The molecular formula is C25H27NO3. The number of aryl methyl sites for hydroxylation is 1. The van der Waals surface area contributed by atoms with Crippen LogP contribution in [0.2, 0.25) is 0 Å². The van der Waals surface area contributed by atoms with Gasteiger partial charge in [0, 0.05) is 0 Å². The summed E-state index contributed by atoms with van der Waals surface area (Å²) in [6.45, 7) is 5.98. The van der Waals surface area contributed by atoms with E-state index >= 15 is 0 Å². The van der Waals surface area contributed by atoms with E-state index in [-0.39, 0.29) is 24.9 Å². The highest BCUT2D eigenvalue weighted by Gasteiger charge is 2.26. The predicted molar refractivity (Wildman–Crippen MR) is 115 cm³/mol. The van der Waals surface area contributed by atoms with E-state index in [1.54, 1.807) is 0 Å². The van der Waals surface area contributed by atoms with Crippen molar-refractivity contribution in [1.29, 1.82) is 0 Å². The Balaban J connectivity index is 1.65. The lowest BCUT2D eigenvalue weighted by Gasteiger charge is -2.21. The highest BCUT2D eigenvalue weighted by Crippen LogP contribution is 2.19. The van der Waals surface area contributed by atoms with E-state index in [4.69, 9.17) is 4.74 Å². The van der Waals surface area contributed by atoms with Gasteiger partial charge in [-0.1, -0.05) is 80.6 Å². The van der Waals surface area contributed by atoms with Crippen molar-refractivity contribution in [3.63, 3.8) is 0 Å². The number of hydrogen-bond acceptors (Lipinski definition) is 3. The van der Waals surface area contributed by atoms with Crippen LogP contribution in [-0.4, -0.2) is 17.9 Å². The fourth-order valence-electron chi connectivity index (χ4n) is 3.35. The van der Waals surface area contributed by atoms with Crippen molar-refractivity contribution in [1.82, 2.24) is 5.32 Å². The van der Waals surface area contributed by atoms with E-state index < -0.39 is 12.0 Å². The van der Waals surface area contributed by atoms with Gasteiger partial charge >= 0.3 is 5.97 Å². The summed E-state index contributed by atoms with van der Waals surface area (Å²) in [5.41, 5.74) is 2.98. The molecule has 0 radical (unpaired) electrons. The zero-order valence-corrected chi connectivity index (χ0v) is 17.1. The molecule has 0 spiro atoms. The van der Waals surface area contributed by atoms with Crippen molar-refractivity contribution in [3.8, 4) is 0 Å². The number of ether oxygens (including phenoxy) is 1. The molecule has 1 atom stereocenters. The van der Waals surface area contributed by atoms with Gasteiger partial charge in [0.15, 0.2) is 0 Å². The Labute approximate surface area is 171 Å². The maximum absolute atomic E-state index is 12.7. The first-order chi connectivity index (χ1) is 14.0. The minimum absolute atomic E-state index is 0.0733. The van der Waals surface area contributed by atoms with Gasteiger partial charge in [-0.05, 0) is 40.3 Å². The van der Waals surface area contributed by atoms with Crippen LogP contribution < -0.4 is 5.32 Å². The number of nitrogens with one attached hydrogen (secondary N) is 1. The molecule has 4 heteroatoms. The SMILES string of the molecule is Cc1ccccc1COC(=O)C(NC(=O)Cc1cccc2ccccc12)C(C)C. The smallest absolute Gasteiger partial charge is 0.329 e. The van der Waals surface area contributed by atoms with Crippen LogP contribution in [-0.2, 0) is 27.4 Å². The highest BCUT2D eigenvalue weighted by molar-refractivity contribution is 5.91. The summed E-state index contributed by atoms with van der Waals surface area (Å²) in [5, 5.41) is 5.01. The molecule has 150 valence electrons. The van der Waals surface area contributed by atoms with Crippen molar-refractivity contribution >= 4 is 22.6 Å². The Hall–Kier alpha value is -3.14. The Morgan fingerprint density at radius 2 is 1.55 bits per heavy atom. The van der Waals surface area contributed by atoms with E-state index in [0.29, 0.717) is 0 Å². The molecule has 0 bridgehead atoms. The predicted octanol–water partition coefficient (Wildman–Crippen LogP) is 4.57. The molecule has 0 saturated carbocycles. The van der Waals surface area contributed by atoms with Gasteiger partial charge in [0.1, 0.15) is 12.6 Å². The minimum atomic E-state index is -0.679. The van der Waals surface area contributed by atoms with Crippen LogP contribution in [0.5, 0.6) is 0 Å². The molecule has 0 aliphatic heterocycles. The van der Waals surface area contributed by atoms with Crippen LogP contribution in [0.25, 0.3) is 10.8 Å². The third-order valence-electron chi connectivity index (χ3n) is 5.10. The molecule has 3 aromatic carbocycles. The molecule has 0 heterocycles. The number of benzene rings is 3. The lowest BCUT2D eigenvalue weighted by Crippen LogP contribution is -2.45. The maximum atomic E-state index is 12.7. The Morgan fingerprint density at radius 3 is 2.31 bits per heavy atom. The Morgan fingerprint density at radius 1 is 0.897 bits per heavy atom. The molecule has 29 heavy (non-hydrogen) atoms.